The van der Waals surface area contributed by atoms with Gasteiger partial charge in [0.1, 0.15) is 0 Å². The van der Waals surface area contributed by atoms with Crippen molar-refractivity contribution in [2.45, 2.75) is 6.92 Å². The molecular weight excluding hydrogens is 387 g/mol. The molecule has 0 aliphatic carbocycles. The molecule has 0 saturated carbocycles. The number of hydrogen-bond donors (Lipinski definition) is 3. The molecule has 77 valence electrons. The fourth-order valence-electron chi connectivity index (χ4n) is 0.822. The van der Waals surface area contributed by atoms with Gasteiger partial charge in [-0.2, -0.15) is 0 Å². The predicted molar refractivity (Wildman–Crippen MR) is 50.8 cm³/mol. The van der Waals surface area contributed by atoms with Gasteiger partial charge in [-0.25, -0.2) is 0 Å². The molecule has 0 radical (unpaired) electrons. The van der Waals surface area contributed by atoms with Crippen molar-refractivity contribution in [3.63, 3.8) is 0 Å². The van der Waals surface area contributed by atoms with E-state index in [0.717, 1.165) is 10.00 Å². The Bertz CT molecular complexity index is 374. The fourth-order valence-corrected chi connectivity index (χ4v) is 2.78. The summed E-state index contributed by atoms with van der Waals surface area (Å²) in [6.07, 6.45) is 0. The number of carbonyl (C=O) groups is 2. The Labute approximate surface area is 103 Å². The van der Waals surface area contributed by atoms with Crippen LogP contribution in [-0.4, -0.2) is 22.2 Å². The second-order valence-corrected chi connectivity index (χ2v) is 5.70. The third-order valence-corrected chi connectivity index (χ3v) is 3.63. The minimum absolute atomic E-state index is 0.307. The summed E-state index contributed by atoms with van der Waals surface area (Å²) in [6, 6.07) is 4.90. The van der Waals surface area contributed by atoms with E-state index in [2.05, 4.69) is 0 Å². The quantitative estimate of drug-likeness (QED) is 0.466. The van der Waals surface area contributed by atoms with Crippen LogP contribution in [-0.2, 0) is 30.9 Å². The van der Waals surface area contributed by atoms with Gasteiger partial charge in [-0.1, -0.05) is 0 Å². The molecule has 15 heavy (non-hydrogen) atoms. The zero-order chi connectivity index (χ0) is 12.0. The first-order valence-corrected chi connectivity index (χ1v) is 6.73. The summed E-state index contributed by atoms with van der Waals surface area (Å²) in [4.78, 5) is 19.5. The Morgan fingerprint density at radius 2 is 1.80 bits per heavy atom. The average Bonchev–Trinajstić information content (AvgIpc) is 2.01. The molecular formula is C9H10HgNO4. The summed E-state index contributed by atoms with van der Waals surface area (Å²) in [6.45, 7) is 1.08. The molecule has 1 aromatic rings. The Kier molecular flexibility index (Phi) is 5.92. The zero-order valence-corrected chi connectivity index (χ0v) is 13.7. The molecule has 0 unspecified atom stereocenters. The average molecular weight is 397 g/mol. The first-order chi connectivity index (χ1) is 6.84. The van der Waals surface area contributed by atoms with Crippen LogP contribution < -0.4 is 8.81 Å². The summed E-state index contributed by atoms with van der Waals surface area (Å²) in [5.74, 6) is -1.70. The Balaban J connectivity index is 0.000000423. The van der Waals surface area contributed by atoms with Gasteiger partial charge >= 0.3 is 80.2 Å². The number of aromatic carboxylic acids is 1. The van der Waals surface area contributed by atoms with Crippen LogP contribution in [0.5, 0.6) is 0 Å². The van der Waals surface area contributed by atoms with Gasteiger partial charge in [0.2, 0.25) is 0 Å². The summed E-state index contributed by atoms with van der Waals surface area (Å²) in [5, 5.41) is 16.1. The normalized spacial score (nSPS) is 8.73. The van der Waals surface area contributed by atoms with Crippen LogP contribution in [0.3, 0.4) is 0 Å². The van der Waals surface area contributed by atoms with Crippen molar-refractivity contribution in [1.82, 2.24) is 0 Å². The van der Waals surface area contributed by atoms with E-state index in [1.165, 1.54) is 0 Å². The molecule has 5 nitrogen and oxygen atoms in total. The van der Waals surface area contributed by atoms with Crippen molar-refractivity contribution in [3.05, 3.63) is 23.8 Å². The first-order valence-electron chi connectivity index (χ1n) is 3.99. The van der Waals surface area contributed by atoms with Crippen molar-refractivity contribution in [3.8, 4) is 0 Å². The monoisotopic (exact) mass is 398 g/mol. The topological polar surface area (TPSA) is 101 Å². The molecule has 1 aromatic carbocycles. The Hall–Kier alpha value is -1.10. The molecule has 0 amide bonds. The summed E-state index contributed by atoms with van der Waals surface area (Å²) < 4.78 is 0.887. The van der Waals surface area contributed by atoms with Crippen LogP contribution in [0, 0.1) is 0 Å². The van der Waals surface area contributed by atoms with Crippen LogP contribution in [0.2, 0.25) is 0 Å². The van der Waals surface area contributed by atoms with Crippen LogP contribution in [0.4, 0.5) is 5.69 Å². The van der Waals surface area contributed by atoms with E-state index in [0.29, 0.717) is 37.4 Å². The van der Waals surface area contributed by atoms with E-state index < -0.39 is 11.9 Å². The van der Waals surface area contributed by atoms with Crippen molar-refractivity contribution in [2.24, 2.45) is 0 Å². The third-order valence-electron chi connectivity index (χ3n) is 1.36. The van der Waals surface area contributed by atoms with Gasteiger partial charge in [0.05, 0.1) is 0 Å². The van der Waals surface area contributed by atoms with Gasteiger partial charge in [-0.15, -0.1) is 0 Å². The zero-order valence-electron chi connectivity index (χ0n) is 8.23. The van der Waals surface area contributed by atoms with Gasteiger partial charge in [-0.05, 0) is 0 Å². The first kappa shape index (κ1) is 13.9. The van der Waals surface area contributed by atoms with E-state index in [1.807, 2.05) is 0 Å². The van der Waals surface area contributed by atoms with E-state index in [-0.39, 0.29) is 0 Å². The van der Waals surface area contributed by atoms with Crippen LogP contribution >= 0.6 is 0 Å². The van der Waals surface area contributed by atoms with Crippen LogP contribution in [0.1, 0.15) is 17.3 Å². The minimum atomic E-state index is -0.866. The number of rotatable bonds is 1. The fraction of sp³-hybridized carbons (Fsp3) is 0.111. The number of nitrogens with two attached hydrogens (primary N) is 1. The van der Waals surface area contributed by atoms with Gasteiger partial charge in [0.25, 0.3) is 5.97 Å². The van der Waals surface area contributed by atoms with Crippen molar-refractivity contribution in [2.75, 3.05) is 5.73 Å². The van der Waals surface area contributed by atoms with E-state index in [4.69, 9.17) is 20.7 Å². The maximum atomic E-state index is 10.5. The molecule has 0 aromatic heterocycles. The maximum absolute atomic E-state index is 10.5. The second-order valence-electron chi connectivity index (χ2n) is 2.74. The third kappa shape index (κ3) is 6.06. The van der Waals surface area contributed by atoms with E-state index in [9.17, 15) is 4.79 Å². The molecule has 0 saturated heterocycles. The summed E-state index contributed by atoms with van der Waals surface area (Å²) >= 11 is 0.307. The van der Waals surface area contributed by atoms with Gasteiger partial charge < -0.3 is 5.11 Å². The van der Waals surface area contributed by atoms with E-state index >= 15 is 0 Å². The number of anilines is 1. The molecule has 0 heterocycles. The molecule has 0 spiro atoms. The van der Waals surface area contributed by atoms with Crippen LogP contribution in [0.25, 0.3) is 0 Å². The number of nitrogen functional groups attached to an aromatic ring is 1. The molecule has 6 heteroatoms. The molecule has 4 N–H and O–H groups in total. The van der Waals surface area contributed by atoms with Crippen molar-refractivity contribution in [1.29, 1.82) is 0 Å². The number of aliphatic carboxylic acids is 1. The molecule has 0 bridgehead atoms. The summed E-state index contributed by atoms with van der Waals surface area (Å²) in [5.41, 5.74) is 6.50. The molecule has 0 aliphatic heterocycles. The number of benzene rings is 1. The Morgan fingerprint density at radius 3 is 2.13 bits per heavy atom. The molecule has 0 atom stereocenters. The predicted octanol–water partition coefficient (Wildman–Crippen LogP) is 0.230. The van der Waals surface area contributed by atoms with Crippen molar-refractivity contribution >= 4 is 20.7 Å². The Morgan fingerprint density at radius 1 is 1.33 bits per heavy atom. The summed E-state index contributed by atoms with van der Waals surface area (Å²) in [7, 11) is 0. The SMILES string of the molecule is CC(=O)O.Nc1ccc(C(=O)O)[c]([Hg])c1. The standard InChI is InChI=1S/C7H6NO2.C2H4O2.Hg/c8-6-3-1-5(2-4-6)7(9)10;1-2(3)4;/h1,3-4H,8H2,(H,9,10);1H3,(H,3,4);. The van der Waals surface area contributed by atoms with Crippen LogP contribution in [0.15, 0.2) is 18.2 Å². The number of carboxylic acids is 2. The number of carboxylic acid groups (broad SMARTS) is 2. The van der Waals surface area contributed by atoms with Crippen molar-refractivity contribution < 1.29 is 45.9 Å². The molecule has 1 rings (SSSR count). The molecule has 0 aliphatic rings. The van der Waals surface area contributed by atoms with Gasteiger partial charge in [0.15, 0.2) is 0 Å². The molecule has 0 fully saturated rings. The van der Waals surface area contributed by atoms with Gasteiger partial charge in [0, 0.05) is 6.92 Å². The van der Waals surface area contributed by atoms with E-state index in [1.54, 1.807) is 18.2 Å². The number of hydrogen-bond acceptors (Lipinski definition) is 3. The van der Waals surface area contributed by atoms with Gasteiger partial charge in [-0.3, -0.25) is 4.79 Å². The second kappa shape index (κ2) is 6.39.